The highest BCUT2D eigenvalue weighted by atomic mass is 32.2. The van der Waals surface area contributed by atoms with Crippen LogP contribution in [-0.2, 0) is 4.79 Å². The van der Waals surface area contributed by atoms with Crippen LogP contribution in [0.15, 0.2) is 53.4 Å². The molecular weight excluding hydrogens is 334 g/mol. The molecule has 2 aromatic carbocycles. The maximum Gasteiger partial charge on any atom is 0.262 e. The van der Waals surface area contributed by atoms with Crippen molar-refractivity contribution in [3.63, 3.8) is 0 Å². The SMILES string of the molecule is Cc1ccc(SC(=O)C(C(C)C)N2C(=O)c3ccccc3C2=O)cc1. The number of imide groups is 1. The van der Waals surface area contributed by atoms with Crippen molar-refractivity contribution >= 4 is 28.7 Å². The van der Waals surface area contributed by atoms with Crippen LogP contribution >= 0.6 is 11.8 Å². The molecule has 3 rings (SSSR count). The predicted molar refractivity (Wildman–Crippen MR) is 97.6 cm³/mol. The molecule has 0 radical (unpaired) electrons. The minimum atomic E-state index is -0.793. The highest BCUT2D eigenvalue weighted by Gasteiger charge is 2.43. The molecule has 1 aliphatic rings. The third-order valence-electron chi connectivity index (χ3n) is 4.22. The zero-order valence-corrected chi connectivity index (χ0v) is 15.2. The zero-order chi connectivity index (χ0) is 18.1. The molecule has 1 atom stereocenters. The van der Waals surface area contributed by atoms with Crippen LogP contribution in [-0.4, -0.2) is 27.9 Å². The Morgan fingerprint density at radius 1 is 0.920 bits per heavy atom. The fourth-order valence-electron chi connectivity index (χ4n) is 2.92. The molecule has 1 unspecified atom stereocenters. The number of carbonyl (C=O) groups is 3. The Hall–Kier alpha value is -2.40. The first-order valence-electron chi connectivity index (χ1n) is 8.15. The molecule has 2 aromatic rings. The quantitative estimate of drug-likeness (QED) is 0.617. The Balaban J connectivity index is 1.89. The number of nitrogens with zero attached hydrogens (tertiary/aromatic N) is 1. The number of aryl methyl sites for hydroxylation is 1. The second kappa shape index (κ2) is 6.84. The van der Waals surface area contributed by atoms with Gasteiger partial charge in [-0.1, -0.05) is 43.7 Å². The highest BCUT2D eigenvalue weighted by molar-refractivity contribution is 8.13. The van der Waals surface area contributed by atoms with E-state index in [1.807, 2.05) is 45.0 Å². The van der Waals surface area contributed by atoms with E-state index in [4.69, 9.17) is 0 Å². The van der Waals surface area contributed by atoms with Crippen LogP contribution in [0, 0.1) is 12.8 Å². The van der Waals surface area contributed by atoms with Gasteiger partial charge in [0, 0.05) is 4.90 Å². The van der Waals surface area contributed by atoms with Gasteiger partial charge in [-0.3, -0.25) is 19.3 Å². The first-order valence-corrected chi connectivity index (χ1v) is 8.97. The molecule has 5 heteroatoms. The summed E-state index contributed by atoms with van der Waals surface area (Å²) in [4.78, 5) is 40.2. The zero-order valence-electron chi connectivity index (χ0n) is 14.4. The van der Waals surface area contributed by atoms with Crippen molar-refractivity contribution in [1.29, 1.82) is 0 Å². The standard InChI is InChI=1S/C20H19NO3S/c1-12(2)17(20(24)25-14-10-8-13(3)9-11-14)21-18(22)15-6-4-5-7-16(15)19(21)23/h4-12,17H,1-3H3. The minimum absolute atomic E-state index is 0.173. The lowest BCUT2D eigenvalue weighted by atomic mass is 10.0. The van der Waals surface area contributed by atoms with E-state index >= 15 is 0 Å². The molecule has 0 bridgehead atoms. The van der Waals surface area contributed by atoms with Crippen molar-refractivity contribution < 1.29 is 14.4 Å². The summed E-state index contributed by atoms with van der Waals surface area (Å²) >= 11 is 1.07. The third kappa shape index (κ3) is 3.24. The van der Waals surface area contributed by atoms with E-state index in [2.05, 4.69) is 0 Å². The number of rotatable bonds is 4. The van der Waals surface area contributed by atoms with Gasteiger partial charge in [-0.25, -0.2) is 0 Å². The van der Waals surface area contributed by atoms with Gasteiger partial charge in [0.05, 0.1) is 11.1 Å². The molecule has 1 aliphatic heterocycles. The number of thioether (sulfide) groups is 1. The van der Waals surface area contributed by atoms with Gasteiger partial charge in [0.25, 0.3) is 11.8 Å². The van der Waals surface area contributed by atoms with Gasteiger partial charge >= 0.3 is 0 Å². The summed E-state index contributed by atoms with van der Waals surface area (Å²) < 4.78 is 0. The van der Waals surface area contributed by atoms with E-state index in [9.17, 15) is 14.4 Å². The van der Waals surface area contributed by atoms with Crippen molar-refractivity contribution in [1.82, 2.24) is 4.90 Å². The Labute approximate surface area is 151 Å². The molecular formula is C20H19NO3S. The van der Waals surface area contributed by atoms with Gasteiger partial charge in [0.15, 0.2) is 0 Å². The van der Waals surface area contributed by atoms with Crippen LogP contribution in [0.2, 0.25) is 0 Å². The lowest BCUT2D eigenvalue weighted by Crippen LogP contribution is -2.47. The fraction of sp³-hybridized carbons (Fsp3) is 0.250. The van der Waals surface area contributed by atoms with E-state index < -0.39 is 17.9 Å². The summed E-state index contributed by atoms with van der Waals surface area (Å²) in [6, 6.07) is 13.5. The molecule has 0 fully saturated rings. The molecule has 25 heavy (non-hydrogen) atoms. The van der Waals surface area contributed by atoms with Crippen LogP contribution in [0.3, 0.4) is 0 Å². The van der Waals surface area contributed by atoms with Crippen LogP contribution in [0.1, 0.15) is 40.1 Å². The lowest BCUT2D eigenvalue weighted by Gasteiger charge is -2.27. The molecule has 128 valence electrons. The third-order valence-corrected chi connectivity index (χ3v) is 5.17. The minimum Gasteiger partial charge on any atom is -0.284 e. The normalized spacial score (nSPS) is 14.8. The molecule has 0 N–H and O–H groups in total. The Morgan fingerprint density at radius 2 is 1.44 bits per heavy atom. The van der Waals surface area contributed by atoms with E-state index in [1.165, 1.54) is 0 Å². The van der Waals surface area contributed by atoms with Gasteiger partial charge in [0.2, 0.25) is 5.12 Å². The van der Waals surface area contributed by atoms with Crippen molar-refractivity contribution in [2.24, 2.45) is 5.92 Å². The van der Waals surface area contributed by atoms with Crippen molar-refractivity contribution in [2.75, 3.05) is 0 Å². The van der Waals surface area contributed by atoms with Gasteiger partial charge in [0.1, 0.15) is 6.04 Å². The summed E-state index contributed by atoms with van der Waals surface area (Å²) in [5.41, 5.74) is 1.84. The van der Waals surface area contributed by atoms with E-state index in [0.29, 0.717) is 11.1 Å². The largest absolute Gasteiger partial charge is 0.284 e. The maximum absolute atomic E-state index is 12.9. The average Bonchev–Trinajstić information content (AvgIpc) is 2.83. The first kappa shape index (κ1) is 17.4. The molecule has 4 nitrogen and oxygen atoms in total. The molecule has 0 saturated carbocycles. The number of amides is 2. The monoisotopic (exact) mass is 353 g/mol. The van der Waals surface area contributed by atoms with Crippen LogP contribution in [0.5, 0.6) is 0 Å². The Morgan fingerprint density at radius 3 is 1.92 bits per heavy atom. The maximum atomic E-state index is 12.9. The molecule has 0 aromatic heterocycles. The van der Waals surface area contributed by atoms with Crippen LogP contribution < -0.4 is 0 Å². The van der Waals surface area contributed by atoms with Crippen LogP contribution in [0.4, 0.5) is 0 Å². The van der Waals surface area contributed by atoms with Crippen LogP contribution in [0.25, 0.3) is 0 Å². The van der Waals surface area contributed by atoms with E-state index in [-0.39, 0.29) is 11.0 Å². The number of hydrogen-bond donors (Lipinski definition) is 0. The summed E-state index contributed by atoms with van der Waals surface area (Å²) in [5.74, 6) is -0.957. The number of fused-ring (bicyclic) bond motifs is 1. The number of benzene rings is 2. The predicted octanol–water partition coefficient (Wildman–Crippen LogP) is 3.93. The van der Waals surface area contributed by atoms with Gasteiger partial charge in [-0.05, 0) is 48.9 Å². The van der Waals surface area contributed by atoms with Crippen molar-refractivity contribution in [3.8, 4) is 0 Å². The lowest BCUT2D eigenvalue weighted by molar-refractivity contribution is -0.115. The molecule has 1 heterocycles. The van der Waals surface area contributed by atoms with Gasteiger partial charge < -0.3 is 0 Å². The summed E-state index contributed by atoms with van der Waals surface area (Å²) in [7, 11) is 0. The van der Waals surface area contributed by atoms with E-state index in [1.54, 1.807) is 24.3 Å². The van der Waals surface area contributed by atoms with Crippen molar-refractivity contribution in [3.05, 3.63) is 65.2 Å². The summed E-state index contributed by atoms with van der Waals surface area (Å²) in [5, 5.41) is -0.201. The van der Waals surface area contributed by atoms with E-state index in [0.717, 1.165) is 27.1 Å². The molecule has 0 spiro atoms. The number of hydrogen-bond acceptors (Lipinski definition) is 4. The highest BCUT2D eigenvalue weighted by Crippen LogP contribution is 2.31. The molecule has 0 saturated heterocycles. The fourth-order valence-corrected chi connectivity index (χ4v) is 3.92. The Kier molecular flexibility index (Phi) is 4.77. The second-order valence-electron chi connectivity index (χ2n) is 6.45. The topological polar surface area (TPSA) is 54.5 Å². The molecule has 0 aliphatic carbocycles. The smallest absolute Gasteiger partial charge is 0.262 e. The van der Waals surface area contributed by atoms with Gasteiger partial charge in [-0.2, -0.15) is 0 Å². The summed E-state index contributed by atoms with van der Waals surface area (Å²) in [6.45, 7) is 5.68. The average molecular weight is 353 g/mol. The van der Waals surface area contributed by atoms with Crippen molar-refractivity contribution in [2.45, 2.75) is 31.7 Å². The Bertz CT molecular complexity index is 807. The second-order valence-corrected chi connectivity index (χ2v) is 7.53. The molecule has 2 amide bonds. The first-order chi connectivity index (χ1) is 11.9. The summed E-state index contributed by atoms with van der Waals surface area (Å²) in [6.07, 6.45) is 0. The van der Waals surface area contributed by atoms with Gasteiger partial charge in [-0.15, -0.1) is 0 Å². The number of carbonyl (C=O) groups excluding carboxylic acids is 3.